The Hall–Kier alpha value is -3.71. The first-order chi connectivity index (χ1) is 16.3. The van der Waals surface area contributed by atoms with Gasteiger partial charge in [-0.2, -0.15) is 0 Å². The van der Waals surface area contributed by atoms with Crippen molar-refractivity contribution in [1.82, 2.24) is 4.90 Å². The van der Waals surface area contributed by atoms with E-state index in [4.69, 9.17) is 4.74 Å². The molecular weight excluding hydrogens is 433 g/mol. The zero-order valence-corrected chi connectivity index (χ0v) is 19.9. The van der Waals surface area contributed by atoms with Crippen molar-refractivity contribution in [3.63, 3.8) is 0 Å². The molecule has 2 amide bonds. The SMILES string of the molecule is COCC(=O)Nc1ccc(N(C)C)c(CN(C(=O)c2cccc(F)c2)[C@@H](C)c2ccccc2)c1. The molecular formula is C27H30FN3O3. The van der Waals surface area contributed by atoms with Crippen LogP contribution in [-0.2, 0) is 16.1 Å². The number of ether oxygens (including phenoxy) is 1. The molecule has 3 aromatic rings. The molecule has 0 unspecified atom stereocenters. The van der Waals surface area contributed by atoms with E-state index in [1.54, 1.807) is 11.0 Å². The molecule has 0 aliphatic heterocycles. The molecule has 0 saturated heterocycles. The average molecular weight is 464 g/mol. The summed E-state index contributed by atoms with van der Waals surface area (Å²) < 4.78 is 18.8. The summed E-state index contributed by atoms with van der Waals surface area (Å²) in [6.07, 6.45) is 0. The number of nitrogens with zero attached hydrogens (tertiary/aromatic N) is 2. The number of carbonyl (C=O) groups is 2. The Morgan fingerprint density at radius 1 is 1.00 bits per heavy atom. The number of nitrogens with one attached hydrogen (secondary N) is 1. The number of hydrogen-bond acceptors (Lipinski definition) is 4. The van der Waals surface area contributed by atoms with Gasteiger partial charge in [-0.1, -0.05) is 36.4 Å². The highest BCUT2D eigenvalue weighted by atomic mass is 19.1. The van der Waals surface area contributed by atoms with Crippen molar-refractivity contribution in [2.45, 2.75) is 19.5 Å². The van der Waals surface area contributed by atoms with E-state index in [0.29, 0.717) is 5.69 Å². The Balaban J connectivity index is 2.02. The number of hydrogen-bond donors (Lipinski definition) is 1. The zero-order valence-electron chi connectivity index (χ0n) is 19.9. The Bertz CT molecular complexity index is 1130. The molecule has 34 heavy (non-hydrogen) atoms. The van der Waals surface area contributed by atoms with Gasteiger partial charge < -0.3 is 19.9 Å². The van der Waals surface area contributed by atoms with Crippen LogP contribution in [0.15, 0.2) is 72.8 Å². The lowest BCUT2D eigenvalue weighted by molar-refractivity contribution is -0.119. The molecule has 0 aromatic heterocycles. The molecule has 0 heterocycles. The van der Waals surface area contributed by atoms with Gasteiger partial charge in [0.15, 0.2) is 0 Å². The third-order valence-corrected chi connectivity index (χ3v) is 5.54. The highest BCUT2D eigenvalue weighted by Crippen LogP contribution is 2.30. The van der Waals surface area contributed by atoms with Crippen LogP contribution < -0.4 is 10.2 Å². The normalized spacial score (nSPS) is 11.6. The standard InChI is InChI=1S/C27H30FN3O3/c1-19(20-9-6-5-7-10-20)31(27(33)21-11-8-12-23(28)15-21)17-22-16-24(29-26(32)18-34-4)13-14-25(22)30(2)3/h5-16,19H,17-18H2,1-4H3,(H,29,32)/t19-/m0/s1. The minimum absolute atomic E-state index is 0.0556. The maximum Gasteiger partial charge on any atom is 0.254 e. The van der Waals surface area contributed by atoms with Gasteiger partial charge in [-0.25, -0.2) is 4.39 Å². The number of benzene rings is 3. The molecule has 0 aliphatic carbocycles. The van der Waals surface area contributed by atoms with Crippen LogP contribution in [0.1, 0.15) is 34.5 Å². The summed E-state index contributed by atoms with van der Waals surface area (Å²) in [5.74, 6) is -1.01. The van der Waals surface area contributed by atoms with Crippen LogP contribution in [0.4, 0.5) is 15.8 Å². The highest BCUT2D eigenvalue weighted by molar-refractivity contribution is 5.95. The predicted octanol–water partition coefficient (Wildman–Crippen LogP) is 4.88. The largest absolute Gasteiger partial charge is 0.377 e. The fourth-order valence-electron chi connectivity index (χ4n) is 3.82. The van der Waals surface area contributed by atoms with Crippen LogP contribution in [0, 0.1) is 5.82 Å². The topological polar surface area (TPSA) is 61.9 Å². The average Bonchev–Trinajstić information content (AvgIpc) is 2.82. The molecule has 0 aliphatic rings. The summed E-state index contributed by atoms with van der Waals surface area (Å²) in [4.78, 5) is 29.3. The Morgan fingerprint density at radius 3 is 2.38 bits per heavy atom. The fraction of sp³-hybridized carbons (Fsp3) is 0.259. The van der Waals surface area contributed by atoms with Crippen LogP contribution in [0.5, 0.6) is 0 Å². The third kappa shape index (κ3) is 6.20. The summed E-state index contributed by atoms with van der Waals surface area (Å²) in [6.45, 7) is 2.15. The molecule has 6 nitrogen and oxygen atoms in total. The van der Waals surface area contributed by atoms with E-state index in [1.165, 1.54) is 25.3 Å². The van der Waals surface area contributed by atoms with E-state index in [0.717, 1.165) is 16.8 Å². The second-order valence-corrected chi connectivity index (χ2v) is 8.25. The van der Waals surface area contributed by atoms with Gasteiger partial charge >= 0.3 is 0 Å². The fourth-order valence-corrected chi connectivity index (χ4v) is 3.82. The number of carbonyl (C=O) groups excluding carboxylic acids is 2. The Morgan fingerprint density at radius 2 is 1.74 bits per heavy atom. The van der Waals surface area contributed by atoms with Crippen LogP contribution in [0.25, 0.3) is 0 Å². The van der Waals surface area contributed by atoms with Crippen LogP contribution >= 0.6 is 0 Å². The van der Waals surface area contributed by atoms with Crippen molar-refractivity contribution in [2.24, 2.45) is 0 Å². The summed E-state index contributed by atoms with van der Waals surface area (Å²) in [6, 6.07) is 20.7. The quantitative estimate of drug-likeness (QED) is 0.491. The molecule has 3 aromatic carbocycles. The summed E-state index contributed by atoms with van der Waals surface area (Å²) in [5.41, 5.74) is 3.59. The number of rotatable bonds is 9. The first-order valence-corrected chi connectivity index (χ1v) is 11.0. The highest BCUT2D eigenvalue weighted by Gasteiger charge is 2.25. The molecule has 0 bridgehead atoms. The van der Waals surface area contributed by atoms with Gasteiger partial charge in [0, 0.05) is 44.7 Å². The number of methoxy groups -OCH3 is 1. The maximum absolute atomic E-state index is 13.9. The predicted molar refractivity (Wildman–Crippen MR) is 132 cm³/mol. The molecule has 3 rings (SSSR count). The minimum Gasteiger partial charge on any atom is -0.377 e. The van der Waals surface area contributed by atoms with E-state index in [1.807, 2.05) is 74.4 Å². The van der Waals surface area contributed by atoms with E-state index in [-0.39, 0.29) is 36.6 Å². The smallest absolute Gasteiger partial charge is 0.254 e. The van der Waals surface area contributed by atoms with Gasteiger partial charge in [-0.3, -0.25) is 9.59 Å². The van der Waals surface area contributed by atoms with E-state index in [2.05, 4.69) is 5.32 Å². The van der Waals surface area contributed by atoms with Gasteiger partial charge in [-0.05, 0) is 54.4 Å². The summed E-state index contributed by atoms with van der Waals surface area (Å²) in [5, 5.41) is 2.82. The molecule has 0 spiro atoms. The summed E-state index contributed by atoms with van der Waals surface area (Å²) >= 11 is 0. The first-order valence-electron chi connectivity index (χ1n) is 11.0. The lowest BCUT2D eigenvalue weighted by Crippen LogP contribution is -2.34. The van der Waals surface area contributed by atoms with Crippen LogP contribution in [0.2, 0.25) is 0 Å². The van der Waals surface area contributed by atoms with E-state index >= 15 is 0 Å². The van der Waals surface area contributed by atoms with E-state index < -0.39 is 5.82 Å². The number of amides is 2. The molecule has 178 valence electrons. The third-order valence-electron chi connectivity index (χ3n) is 5.54. The monoisotopic (exact) mass is 463 g/mol. The van der Waals surface area contributed by atoms with Gasteiger partial charge in [-0.15, -0.1) is 0 Å². The van der Waals surface area contributed by atoms with Crippen molar-refractivity contribution < 1.29 is 18.7 Å². The van der Waals surface area contributed by atoms with Gasteiger partial charge in [0.05, 0.1) is 6.04 Å². The van der Waals surface area contributed by atoms with Gasteiger partial charge in [0.1, 0.15) is 12.4 Å². The van der Waals surface area contributed by atoms with Crippen molar-refractivity contribution >= 4 is 23.2 Å². The zero-order chi connectivity index (χ0) is 24.7. The van der Waals surface area contributed by atoms with Crippen LogP contribution in [0.3, 0.4) is 0 Å². The first kappa shape index (κ1) is 24.9. The second-order valence-electron chi connectivity index (χ2n) is 8.25. The molecule has 7 heteroatoms. The van der Waals surface area contributed by atoms with Crippen molar-refractivity contribution in [3.05, 3.63) is 95.3 Å². The lowest BCUT2D eigenvalue weighted by Gasteiger charge is -2.31. The molecule has 1 N–H and O–H groups in total. The summed E-state index contributed by atoms with van der Waals surface area (Å²) in [7, 11) is 5.30. The van der Waals surface area contributed by atoms with Crippen molar-refractivity contribution in [2.75, 3.05) is 38.0 Å². The Labute approximate surface area is 200 Å². The molecule has 0 saturated carbocycles. The van der Waals surface area contributed by atoms with E-state index in [9.17, 15) is 14.0 Å². The van der Waals surface area contributed by atoms with Crippen LogP contribution in [-0.4, -0.2) is 44.5 Å². The molecule has 0 fully saturated rings. The lowest BCUT2D eigenvalue weighted by atomic mass is 10.0. The Kier molecular flexibility index (Phi) is 8.38. The minimum atomic E-state index is -0.463. The molecule has 0 radical (unpaired) electrons. The van der Waals surface area contributed by atoms with Gasteiger partial charge in [0.25, 0.3) is 5.91 Å². The van der Waals surface area contributed by atoms with Gasteiger partial charge in [0.2, 0.25) is 5.91 Å². The second kappa shape index (κ2) is 11.4. The maximum atomic E-state index is 13.9. The van der Waals surface area contributed by atoms with Crippen molar-refractivity contribution in [3.8, 4) is 0 Å². The number of anilines is 2. The van der Waals surface area contributed by atoms with Crippen molar-refractivity contribution in [1.29, 1.82) is 0 Å². The number of halogens is 1. The molecule has 1 atom stereocenters.